The van der Waals surface area contributed by atoms with Crippen LogP contribution in [-0.2, 0) is 5.41 Å². The van der Waals surface area contributed by atoms with Crippen LogP contribution in [0.4, 0.5) is 0 Å². The monoisotopic (exact) mass is 695 g/mol. The number of fused-ring (bicyclic) bond motifs is 9. The first-order valence-electron chi connectivity index (χ1n) is 18.2. The van der Waals surface area contributed by atoms with Gasteiger partial charge in [-0.3, -0.25) is 4.57 Å². The quantitative estimate of drug-likeness (QED) is 0.183. The zero-order valence-corrected chi connectivity index (χ0v) is 30.2. The summed E-state index contributed by atoms with van der Waals surface area (Å²) in [6.45, 7) is 4.68. The summed E-state index contributed by atoms with van der Waals surface area (Å²) < 4.78 is 4.91. The Morgan fingerprint density at radius 3 is 1.92 bits per heavy atom. The molecule has 1 aliphatic rings. The molecule has 3 aromatic heterocycles. The number of thiophene rings is 1. The molecule has 0 saturated heterocycles. The van der Waals surface area contributed by atoms with E-state index in [1.165, 1.54) is 64.3 Å². The zero-order valence-electron chi connectivity index (χ0n) is 29.3. The van der Waals surface area contributed by atoms with E-state index < -0.39 is 0 Å². The Bertz CT molecular complexity index is 3080. The molecule has 0 fully saturated rings. The summed E-state index contributed by atoms with van der Waals surface area (Å²) in [4.78, 5) is 10.7. The molecule has 53 heavy (non-hydrogen) atoms. The van der Waals surface area contributed by atoms with Gasteiger partial charge < -0.3 is 0 Å². The Hall–Kier alpha value is -6.36. The average molecular weight is 696 g/mol. The smallest absolute Gasteiger partial charge is 0.235 e. The maximum absolute atomic E-state index is 5.38. The van der Waals surface area contributed by atoms with Crippen molar-refractivity contribution >= 4 is 53.3 Å². The third kappa shape index (κ3) is 4.52. The lowest BCUT2D eigenvalue weighted by Crippen LogP contribution is -2.15. The summed E-state index contributed by atoms with van der Waals surface area (Å²) in [5.41, 5.74) is 13.8. The summed E-state index contributed by atoms with van der Waals surface area (Å²) in [5.74, 6) is 0.667. The molecule has 0 N–H and O–H groups in total. The molecule has 0 saturated carbocycles. The predicted molar refractivity (Wildman–Crippen MR) is 223 cm³/mol. The molecule has 1 aliphatic carbocycles. The van der Waals surface area contributed by atoms with E-state index in [-0.39, 0.29) is 5.41 Å². The Balaban J connectivity index is 1.11. The van der Waals surface area contributed by atoms with Gasteiger partial charge in [-0.15, -0.1) is 11.3 Å². The fourth-order valence-electron chi connectivity index (χ4n) is 8.61. The van der Waals surface area contributed by atoms with Gasteiger partial charge in [0.05, 0.1) is 22.4 Å². The number of hydrogen-bond donors (Lipinski definition) is 0. The van der Waals surface area contributed by atoms with E-state index in [9.17, 15) is 0 Å². The van der Waals surface area contributed by atoms with E-state index in [0.717, 1.165) is 33.5 Å². The van der Waals surface area contributed by atoms with Gasteiger partial charge >= 0.3 is 0 Å². The van der Waals surface area contributed by atoms with Gasteiger partial charge in [0, 0.05) is 47.5 Å². The fraction of sp³-hybridized carbons (Fsp3) is 0.0612. The maximum Gasteiger partial charge on any atom is 0.235 e. The van der Waals surface area contributed by atoms with E-state index in [4.69, 9.17) is 9.97 Å². The molecule has 4 heteroatoms. The van der Waals surface area contributed by atoms with Crippen LogP contribution in [0.2, 0.25) is 0 Å². The normalized spacial score (nSPS) is 13.2. The van der Waals surface area contributed by atoms with Gasteiger partial charge in [-0.05, 0) is 63.7 Å². The van der Waals surface area contributed by atoms with Crippen LogP contribution in [0.15, 0.2) is 164 Å². The van der Waals surface area contributed by atoms with Crippen molar-refractivity contribution in [3.8, 4) is 50.7 Å². The number of nitrogens with zero attached hydrogens (tertiary/aromatic N) is 3. The van der Waals surface area contributed by atoms with Crippen molar-refractivity contribution in [2.75, 3.05) is 0 Å². The predicted octanol–water partition coefficient (Wildman–Crippen LogP) is 13.2. The van der Waals surface area contributed by atoms with Crippen LogP contribution < -0.4 is 0 Å². The van der Waals surface area contributed by atoms with Crippen molar-refractivity contribution in [1.82, 2.24) is 14.5 Å². The summed E-state index contributed by atoms with van der Waals surface area (Å²) in [7, 11) is 0. The van der Waals surface area contributed by atoms with Crippen LogP contribution >= 0.6 is 11.3 Å². The molecule has 0 unspecified atom stereocenters. The number of aromatic nitrogens is 3. The van der Waals surface area contributed by atoms with E-state index in [1.54, 1.807) is 0 Å². The average Bonchev–Trinajstić information content (AvgIpc) is 3.83. The van der Waals surface area contributed by atoms with E-state index in [2.05, 4.69) is 182 Å². The molecule has 0 amide bonds. The number of para-hydroxylation sites is 1. The summed E-state index contributed by atoms with van der Waals surface area (Å²) in [5, 5.41) is 5.03. The summed E-state index contributed by atoms with van der Waals surface area (Å²) in [6.07, 6.45) is 0. The molecule has 0 spiro atoms. The van der Waals surface area contributed by atoms with Crippen molar-refractivity contribution in [3.05, 3.63) is 175 Å². The number of benzene rings is 7. The minimum atomic E-state index is -0.124. The van der Waals surface area contributed by atoms with Gasteiger partial charge in [-0.1, -0.05) is 147 Å². The second-order valence-corrected chi connectivity index (χ2v) is 15.7. The largest absolute Gasteiger partial charge is 0.278 e. The first-order chi connectivity index (χ1) is 26.0. The van der Waals surface area contributed by atoms with Crippen LogP contribution in [0, 0.1) is 0 Å². The topological polar surface area (TPSA) is 30.7 Å². The minimum absolute atomic E-state index is 0.124. The molecule has 0 aliphatic heterocycles. The molecular weight excluding hydrogens is 663 g/mol. The van der Waals surface area contributed by atoms with Crippen molar-refractivity contribution < 1.29 is 0 Å². The second kappa shape index (κ2) is 11.3. The molecule has 250 valence electrons. The van der Waals surface area contributed by atoms with E-state index in [1.807, 2.05) is 11.3 Å². The second-order valence-electron chi connectivity index (χ2n) is 14.6. The molecule has 0 atom stereocenters. The van der Waals surface area contributed by atoms with E-state index >= 15 is 0 Å². The Morgan fingerprint density at radius 1 is 0.453 bits per heavy atom. The van der Waals surface area contributed by atoms with Gasteiger partial charge in [0.15, 0.2) is 0 Å². The maximum atomic E-state index is 5.38. The Morgan fingerprint density at radius 2 is 1.09 bits per heavy atom. The zero-order chi connectivity index (χ0) is 35.3. The first kappa shape index (κ1) is 30.3. The highest BCUT2D eigenvalue weighted by molar-refractivity contribution is 7.26. The van der Waals surface area contributed by atoms with Crippen LogP contribution in [0.3, 0.4) is 0 Å². The lowest BCUT2D eigenvalue weighted by Gasteiger charge is -2.21. The highest BCUT2D eigenvalue weighted by Crippen LogP contribution is 2.51. The van der Waals surface area contributed by atoms with Crippen LogP contribution in [0.25, 0.3) is 92.7 Å². The molecular formula is C49H33N3S. The molecule has 7 aromatic carbocycles. The highest BCUT2D eigenvalue weighted by Gasteiger charge is 2.36. The third-order valence-electron chi connectivity index (χ3n) is 11.3. The lowest BCUT2D eigenvalue weighted by atomic mass is 9.82. The van der Waals surface area contributed by atoms with Gasteiger partial charge in [-0.2, -0.15) is 0 Å². The minimum Gasteiger partial charge on any atom is -0.278 e. The van der Waals surface area contributed by atoms with Gasteiger partial charge in [0.2, 0.25) is 5.95 Å². The molecule has 11 rings (SSSR count). The van der Waals surface area contributed by atoms with Gasteiger partial charge in [-0.25, -0.2) is 9.97 Å². The SMILES string of the molecule is CC1(C)c2ccccc2-c2cc3c4ccccc4n(-c4nc(-c5ccccc5)cc(-c5ccc(-c6cccc7c6sc6ccccc67)cc5)n4)c3cc21. The van der Waals surface area contributed by atoms with Crippen molar-refractivity contribution in [2.24, 2.45) is 0 Å². The summed E-state index contributed by atoms with van der Waals surface area (Å²) in [6, 6.07) is 59.1. The van der Waals surface area contributed by atoms with Gasteiger partial charge in [0.25, 0.3) is 0 Å². The standard InChI is InChI=1S/C49H33N3S/c1-49(2)40-20-9-6-15-34(40)38-27-39-35-16-7-10-21-44(35)52(45(39)28-41(38)49)48-50-42(31-13-4-3-5-14-31)29-43(51-48)32-25-23-30(24-26-32)33-18-12-19-37-36-17-8-11-22-46(36)53-47(33)37/h3-29H,1-2H3. The summed E-state index contributed by atoms with van der Waals surface area (Å²) >= 11 is 1.87. The van der Waals surface area contributed by atoms with Crippen LogP contribution in [-0.4, -0.2) is 14.5 Å². The van der Waals surface area contributed by atoms with Gasteiger partial charge in [0.1, 0.15) is 0 Å². The lowest BCUT2D eigenvalue weighted by molar-refractivity contribution is 0.661. The third-order valence-corrected chi connectivity index (χ3v) is 12.5. The molecule has 0 bridgehead atoms. The highest BCUT2D eigenvalue weighted by atomic mass is 32.1. The molecule has 10 aromatic rings. The molecule has 3 nitrogen and oxygen atoms in total. The molecule has 3 heterocycles. The van der Waals surface area contributed by atoms with E-state index in [0.29, 0.717) is 5.95 Å². The van der Waals surface area contributed by atoms with Crippen molar-refractivity contribution in [1.29, 1.82) is 0 Å². The fourth-order valence-corrected chi connectivity index (χ4v) is 9.85. The first-order valence-corrected chi connectivity index (χ1v) is 19.0. The molecule has 0 radical (unpaired) electrons. The van der Waals surface area contributed by atoms with Crippen LogP contribution in [0.1, 0.15) is 25.0 Å². The number of rotatable bonds is 4. The van der Waals surface area contributed by atoms with Crippen molar-refractivity contribution in [2.45, 2.75) is 19.3 Å². The Labute approximate surface area is 311 Å². The van der Waals surface area contributed by atoms with Crippen LogP contribution in [0.5, 0.6) is 0 Å². The van der Waals surface area contributed by atoms with Crippen molar-refractivity contribution in [3.63, 3.8) is 0 Å². The number of hydrogen-bond acceptors (Lipinski definition) is 3. The Kier molecular flexibility index (Phi) is 6.47.